The van der Waals surface area contributed by atoms with Crippen LogP contribution in [-0.2, 0) is 11.2 Å². The molecule has 5 nitrogen and oxygen atoms in total. The monoisotopic (exact) mass is 346 g/mol. The number of rotatable bonds is 7. The standard InChI is InChI=1S/C18H22N2O3S/c1-20(2)18(22)15-12-13(9-10-16(15)23-3)19-17(21)8-4-6-14-7-5-11-24-14/h5,7,9-12H,4,6,8H2,1-3H3,(H,19,21). The van der Waals surface area contributed by atoms with E-state index in [1.165, 1.54) is 16.9 Å². The number of nitrogens with one attached hydrogen (secondary N) is 1. The number of hydrogen-bond acceptors (Lipinski definition) is 4. The predicted octanol–water partition coefficient (Wildman–Crippen LogP) is 3.42. The van der Waals surface area contributed by atoms with Gasteiger partial charge < -0.3 is 15.0 Å². The van der Waals surface area contributed by atoms with Crippen LogP contribution in [0.25, 0.3) is 0 Å². The van der Waals surface area contributed by atoms with Crippen LogP contribution in [0, 0.1) is 0 Å². The predicted molar refractivity (Wildman–Crippen MR) is 96.9 cm³/mol. The fraction of sp³-hybridized carbons (Fsp3) is 0.333. The Balaban J connectivity index is 1.97. The number of carbonyl (C=O) groups is 2. The highest BCUT2D eigenvalue weighted by atomic mass is 32.1. The zero-order valence-corrected chi connectivity index (χ0v) is 15.0. The molecule has 0 spiro atoms. The molecule has 1 aromatic heterocycles. The summed E-state index contributed by atoms with van der Waals surface area (Å²) in [7, 11) is 4.87. The number of anilines is 1. The van der Waals surface area contributed by atoms with E-state index in [9.17, 15) is 9.59 Å². The molecular formula is C18H22N2O3S. The van der Waals surface area contributed by atoms with Gasteiger partial charge in [0.05, 0.1) is 12.7 Å². The summed E-state index contributed by atoms with van der Waals surface area (Å²) >= 11 is 1.70. The number of hydrogen-bond donors (Lipinski definition) is 1. The summed E-state index contributed by atoms with van der Waals surface area (Å²) < 4.78 is 5.22. The summed E-state index contributed by atoms with van der Waals surface area (Å²) in [6.45, 7) is 0. The van der Waals surface area contributed by atoms with Gasteiger partial charge in [-0.25, -0.2) is 0 Å². The molecule has 1 aromatic carbocycles. The zero-order valence-electron chi connectivity index (χ0n) is 14.2. The van der Waals surface area contributed by atoms with Gasteiger partial charge in [0, 0.05) is 31.1 Å². The zero-order chi connectivity index (χ0) is 17.5. The molecule has 1 N–H and O–H groups in total. The maximum atomic E-state index is 12.2. The molecular weight excluding hydrogens is 324 g/mol. The third-order valence-electron chi connectivity index (χ3n) is 3.53. The highest BCUT2D eigenvalue weighted by Crippen LogP contribution is 2.24. The van der Waals surface area contributed by atoms with Crippen LogP contribution in [0.4, 0.5) is 5.69 Å². The fourth-order valence-electron chi connectivity index (χ4n) is 2.30. The second-order valence-corrected chi connectivity index (χ2v) is 6.63. The summed E-state index contributed by atoms with van der Waals surface area (Å²) in [6, 6.07) is 9.17. The molecule has 24 heavy (non-hydrogen) atoms. The van der Waals surface area contributed by atoms with Crippen LogP contribution in [0.5, 0.6) is 5.75 Å². The third-order valence-corrected chi connectivity index (χ3v) is 4.46. The molecule has 1 heterocycles. The molecule has 128 valence electrons. The first-order valence-electron chi connectivity index (χ1n) is 7.73. The molecule has 2 amide bonds. The Kier molecular flexibility index (Phi) is 6.37. The van der Waals surface area contributed by atoms with Crippen molar-refractivity contribution in [1.82, 2.24) is 4.90 Å². The van der Waals surface area contributed by atoms with Gasteiger partial charge in [-0.15, -0.1) is 11.3 Å². The Labute approximate surface area is 146 Å². The number of amides is 2. The average molecular weight is 346 g/mol. The summed E-state index contributed by atoms with van der Waals surface area (Å²) in [5.74, 6) is 0.269. The summed E-state index contributed by atoms with van der Waals surface area (Å²) in [4.78, 5) is 27.0. The van der Waals surface area contributed by atoms with Crippen LogP contribution in [0.1, 0.15) is 28.1 Å². The summed E-state index contributed by atoms with van der Waals surface area (Å²) in [6.07, 6.45) is 2.14. The van der Waals surface area contributed by atoms with Gasteiger partial charge >= 0.3 is 0 Å². The lowest BCUT2D eigenvalue weighted by Gasteiger charge is -2.15. The molecule has 0 aliphatic carbocycles. The Hall–Kier alpha value is -2.34. The average Bonchev–Trinajstić information content (AvgIpc) is 3.07. The first-order valence-corrected chi connectivity index (χ1v) is 8.61. The number of benzene rings is 1. The van der Waals surface area contributed by atoms with E-state index in [1.54, 1.807) is 43.6 Å². The van der Waals surface area contributed by atoms with Gasteiger partial charge in [0.1, 0.15) is 5.75 Å². The highest BCUT2D eigenvalue weighted by Gasteiger charge is 2.15. The van der Waals surface area contributed by atoms with Crippen LogP contribution in [0.15, 0.2) is 35.7 Å². The highest BCUT2D eigenvalue weighted by molar-refractivity contribution is 7.09. The summed E-state index contributed by atoms with van der Waals surface area (Å²) in [5, 5.41) is 4.88. The fourth-order valence-corrected chi connectivity index (χ4v) is 3.05. The summed E-state index contributed by atoms with van der Waals surface area (Å²) in [5.41, 5.74) is 1.03. The quantitative estimate of drug-likeness (QED) is 0.836. The van der Waals surface area contributed by atoms with Crippen LogP contribution in [0.2, 0.25) is 0 Å². The van der Waals surface area contributed by atoms with Gasteiger partial charge in [-0.1, -0.05) is 6.07 Å². The first-order chi connectivity index (χ1) is 11.5. The number of carbonyl (C=O) groups excluding carboxylic acids is 2. The number of methoxy groups -OCH3 is 1. The third kappa shape index (κ3) is 4.83. The van der Waals surface area contributed by atoms with Crippen molar-refractivity contribution in [3.63, 3.8) is 0 Å². The number of aryl methyl sites for hydroxylation is 1. The van der Waals surface area contributed by atoms with Gasteiger partial charge in [-0.3, -0.25) is 9.59 Å². The van der Waals surface area contributed by atoms with E-state index in [0.29, 0.717) is 23.4 Å². The van der Waals surface area contributed by atoms with Gasteiger partial charge in [-0.2, -0.15) is 0 Å². The van der Waals surface area contributed by atoms with Crippen molar-refractivity contribution in [2.24, 2.45) is 0 Å². The molecule has 0 unspecified atom stereocenters. The molecule has 0 atom stereocenters. The Morgan fingerprint density at radius 3 is 2.67 bits per heavy atom. The first kappa shape index (κ1) is 18.0. The Bertz CT molecular complexity index is 696. The minimum Gasteiger partial charge on any atom is -0.496 e. The molecule has 0 bridgehead atoms. The van der Waals surface area contributed by atoms with Crippen LogP contribution in [-0.4, -0.2) is 37.9 Å². The minimum atomic E-state index is -0.166. The maximum Gasteiger partial charge on any atom is 0.257 e. The van der Waals surface area contributed by atoms with Gasteiger partial charge in [0.15, 0.2) is 0 Å². The second-order valence-electron chi connectivity index (χ2n) is 5.60. The largest absolute Gasteiger partial charge is 0.496 e. The van der Waals surface area contributed by atoms with Crippen LogP contribution in [0.3, 0.4) is 0 Å². The van der Waals surface area contributed by atoms with E-state index in [-0.39, 0.29) is 11.8 Å². The molecule has 0 fully saturated rings. The van der Waals surface area contributed by atoms with E-state index < -0.39 is 0 Å². The molecule has 2 aromatic rings. The van der Waals surface area contributed by atoms with Crippen molar-refractivity contribution in [2.45, 2.75) is 19.3 Å². The lowest BCUT2D eigenvalue weighted by molar-refractivity contribution is -0.116. The van der Waals surface area contributed by atoms with Crippen molar-refractivity contribution in [2.75, 3.05) is 26.5 Å². The smallest absolute Gasteiger partial charge is 0.257 e. The lowest BCUT2D eigenvalue weighted by Crippen LogP contribution is -2.22. The molecule has 6 heteroatoms. The maximum absolute atomic E-state index is 12.2. The Morgan fingerprint density at radius 2 is 2.04 bits per heavy atom. The molecule has 2 rings (SSSR count). The molecule has 0 saturated carbocycles. The van der Waals surface area contributed by atoms with E-state index in [4.69, 9.17) is 4.74 Å². The van der Waals surface area contributed by atoms with Gasteiger partial charge in [-0.05, 0) is 42.5 Å². The number of ether oxygens (including phenoxy) is 1. The van der Waals surface area contributed by atoms with Crippen molar-refractivity contribution in [1.29, 1.82) is 0 Å². The van der Waals surface area contributed by atoms with Gasteiger partial charge in [0.25, 0.3) is 5.91 Å². The van der Waals surface area contributed by atoms with Crippen LogP contribution >= 0.6 is 11.3 Å². The normalized spacial score (nSPS) is 10.3. The van der Waals surface area contributed by atoms with Gasteiger partial charge in [0.2, 0.25) is 5.91 Å². The Morgan fingerprint density at radius 1 is 1.25 bits per heavy atom. The minimum absolute atomic E-state index is 0.0556. The molecule has 0 radical (unpaired) electrons. The van der Waals surface area contributed by atoms with E-state index in [2.05, 4.69) is 11.4 Å². The molecule has 0 aliphatic rings. The van der Waals surface area contributed by atoms with E-state index in [1.807, 2.05) is 11.4 Å². The van der Waals surface area contributed by atoms with Crippen molar-refractivity contribution < 1.29 is 14.3 Å². The van der Waals surface area contributed by atoms with E-state index >= 15 is 0 Å². The molecule has 0 aliphatic heterocycles. The van der Waals surface area contributed by atoms with Crippen molar-refractivity contribution in [3.8, 4) is 5.75 Å². The van der Waals surface area contributed by atoms with Crippen molar-refractivity contribution in [3.05, 3.63) is 46.2 Å². The van der Waals surface area contributed by atoms with Crippen LogP contribution < -0.4 is 10.1 Å². The molecule has 0 saturated heterocycles. The second kappa shape index (κ2) is 8.49. The lowest BCUT2D eigenvalue weighted by atomic mass is 10.1. The SMILES string of the molecule is COc1ccc(NC(=O)CCCc2cccs2)cc1C(=O)N(C)C. The van der Waals surface area contributed by atoms with E-state index in [0.717, 1.165) is 12.8 Å². The number of thiophene rings is 1. The number of nitrogens with zero attached hydrogens (tertiary/aromatic N) is 1. The van der Waals surface area contributed by atoms with Crippen molar-refractivity contribution >= 4 is 28.8 Å². The topological polar surface area (TPSA) is 58.6 Å².